The van der Waals surface area contributed by atoms with Crippen LogP contribution in [0.3, 0.4) is 0 Å². The topological polar surface area (TPSA) is 58.6 Å². The van der Waals surface area contributed by atoms with Gasteiger partial charge in [-0.05, 0) is 19.9 Å². The Balaban J connectivity index is 2.20. The number of alkyl halides is 2. The summed E-state index contributed by atoms with van der Waals surface area (Å²) < 4.78 is 41.1. The van der Waals surface area contributed by atoms with Gasteiger partial charge in [-0.3, -0.25) is 4.99 Å². The molecule has 3 rings (SSSR count). The van der Waals surface area contributed by atoms with E-state index in [1.54, 1.807) is 13.0 Å². The zero-order valence-electron chi connectivity index (χ0n) is 11.5. The molecule has 0 saturated heterocycles. The molecule has 1 aliphatic heterocycles. The fourth-order valence-electron chi connectivity index (χ4n) is 3.34. The molecule has 1 heterocycles. The molecule has 3 N–H and O–H groups in total. The maximum Gasteiger partial charge on any atom is 0.272 e. The summed E-state index contributed by atoms with van der Waals surface area (Å²) in [5.41, 5.74) is 5.03. The average Bonchev–Trinajstić information content (AvgIpc) is 2.89. The minimum atomic E-state index is -3.15. The Bertz CT molecular complexity index is 651. The van der Waals surface area contributed by atoms with Crippen LogP contribution in [-0.2, 0) is 5.54 Å². The maximum atomic E-state index is 14.3. The molecule has 1 aliphatic carbocycles. The molecule has 3 nitrogen and oxygen atoms in total. The van der Waals surface area contributed by atoms with E-state index in [0.717, 1.165) is 5.56 Å². The second-order valence-electron chi connectivity index (χ2n) is 5.79. The van der Waals surface area contributed by atoms with Gasteiger partial charge in [0.25, 0.3) is 5.92 Å². The Morgan fingerprint density at radius 2 is 2.10 bits per heavy atom. The number of aryl methyl sites for hydroxylation is 1. The molecule has 7 heteroatoms. The van der Waals surface area contributed by atoms with Crippen molar-refractivity contribution in [1.82, 2.24) is 0 Å². The van der Waals surface area contributed by atoms with Crippen molar-refractivity contribution in [3.05, 3.63) is 35.1 Å². The van der Waals surface area contributed by atoms with Gasteiger partial charge in [0.15, 0.2) is 5.17 Å². The van der Waals surface area contributed by atoms with E-state index in [2.05, 4.69) is 4.99 Å². The molecular formula is C14H15F3N2OS. The molecule has 1 aromatic carbocycles. The van der Waals surface area contributed by atoms with E-state index < -0.39 is 34.6 Å². The van der Waals surface area contributed by atoms with Gasteiger partial charge in [0.2, 0.25) is 0 Å². The lowest BCUT2D eigenvalue weighted by atomic mass is 9.85. The summed E-state index contributed by atoms with van der Waals surface area (Å²) >= 11 is 0.682. The third-order valence-electron chi connectivity index (χ3n) is 4.40. The van der Waals surface area contributed by atoms with Crippen molar-refractivity contribution in [1.29, 1.82) is 0 Å². The van der Waals surface area contributed by atoms with Crippen molar-refractivity contribution in [3.63, 3.8) is 0 Å². The molecule has 0 aromatic heterocycles. The normalized spacial score (nSPS) is 36.9. The summed E-state index contributed by atoms with van der Waals surface area (Å²) in [7, 11) is 0. The lowest BCUT2D eigenvalue weighted by Gasteiger charge is -2.32. The summed E-state index contributed by atoms with van der Waals surface area (Å²) in [6, 6.07) is 4.32. The zero-order valence-corrected chi connectivity index (χ0v) is 12.3. The van der Waals surface area contributed by atoms with Gasteiger partial charge in [0.05, 0.1) is 18.1 Å². The van der Waals surface area contributed by atoms with E-state index in [9.17, 15) is 18.3 Å². The number of rotatable bonds is 2. The number of hydrogen-bond donors (Lipinski definition) is 2. The number of amidine groups is 1. The van der Waals surface area contributed by atoms with Crippen LogP contribution >= 0.6 is 11.8 Å². The monoisotopic (exact) mass is 316 g/mol. The Morgan fingerprint density at radius 1 is 1.43 bits per heavy atom. The number of aliphatic hydroxyl groups is 1. The van der Waals surface area contributed by atoms with Crippen LogP contribution in [0.25, 0.3) is 0 Å². The lowest BCUT2D eigenvalue weighted by Crippen LogP contribution is -2.37. The van der Waals surface area contributed by atoms with Crippen molar-refractivity contribution in [3.8, 4) is 0 Å². The summed E-state index contributed by atoms with van der Waals surface area (Å²) in [6.45, 7) is 2.48. The van der Waals surface area contributed by atoms with Gasteiger partial charge in [0, 0.05) is 5.56 Å². The minimum absolute atomic E-state index is 0.0547. The maximum absolute atomic E-state index is 14.3. The summed E-state index contributed by atoms with van der Waals surface area (Å²) in [6.07, 6.45) is 0. The largest absolute Gasteiger partial charge is 0.395 e. The third kappa shape index (κ3) is 1.70. The van der Waals surface area contributed by atoms with Gasteiger partial charge in [-0.1, -0.05) is 29.5 Å². The third-order valence-corrected chi connectivity index (χ3v) is 5.70. The first kappa shape index (κ1) is 14.7. The molecule has 114 valence electrons. The second-order valence-corrected chi connectivity index (χ2v) is 7.14. The highest BCUT2D eigenvalue weighted by Crippen LogP contribution is 2.74. The van der Waals surface area contributed by atoms with Crippen molar-refractivity contribution >= 4 is 16.9 Å². The number of halogens is 3. The van der Waals surface area contributed by atoms with E-state index in [0.29, 0.717) is 11.8 Å². The molecule has 2 aliphatic rings. The SMILES string of the molecule is Cc1ccc(F)c([C@@]2(C)N=C(N)S[C@]3(CO)C2C3(F)F)c1. The number of benzene rings is 1. The summed E-state index contributed by atoms with van der Waals surface area (Å²) in [5.74, 6) is -5.03. The number of nitrogens with zero attached hydrogens (tertiary/aromatic N) is 1. The van der Waals surface area contributed by atoms with Crippen LogP contribution in [0.1, 0.15) is 18.1 Å². The molecule has 21 heavy (non-hydrogen) atoms. The summed E-state index contributed by atoms with van der Waals surface area (Å²) in [5, 5.41) is 9.39. The van der Waals surface area contributed by atoms with E-state index in [1.165, 1.54) is 19.1 Å². The molecule has 1 fully saturated rings. The van der Waals surface area contributed by atoms with Crippen LogP contribution in [0.15, 0.2) is 23.2 Å². The Kier molecular flexibility index (Phi) is 2.92. The highest BCUT2D eigenvalue weighted by Gasteiger charge is 2.87. The van der Waals surface area contributed by atoms with Gasteiger partial charge < -0.3 is 10.8 Å². The number of nitrogens with two attached hydrogens (primary N) is 1. The van der Waals surface area contributed by atoms with Crippen LogP contribution in [0.2, 0.25) is 0 Å². The average molecular weight is 316 g/mol. The first-order valence-electron chi connectivity index (χ1n) is 6.48. The molecule has 0 spiro atoms. The van der Waals surface area contributed by atoms with E-state index in [4.69, 9.17) is 5.73 Å². The minimum Gasteiger partial charge on any atom is -0.395 e. The summed E-state index contributed by atoms with van der Waals surface area (Å²) in [4.78, 5) is 4.12. The van der Waals surface area contributed by atoms with Crippen molar-refractivity contribution in [2.45, 2.75) is 30.1 Å². The van der Waals surface area contributed by atoms with Crippen molar-refractivity contribution in [2.75, 3.05) is 6.61 Å². The van der Waals surface area contributed by atoms with Crippen molar-refractivity contribution in [2.24, 2.45) is 16.6 Å². The fourth-order valence-corrected chi connectivity index (χ4v) is 4.71. The van der Waals surface area contributed by atoms with Gasteiger partial charge in [-0.15, -0.1) is 0 Å². The van der Waals surface area contributed by atoms with Crippen LogP contribution in [-0.4, -0.2) is 27.6 Å². The first-order valence-corrected chi connectivity index (χ1v) is 7.30. The van der Waals surface area contributed by atoms with E-state index in [-0.39, 0.29) is 10.7 Å². The molecule has 1 aromatic rings. The standard InChI is InChI=1S/C14H15F3N2OS/c1-7-3-4-9(15)8(5-7)12(2)10-13(6-20,14(10,16)17)21-11(18)19-12/h3-5,10,20H,6H2,1-2H3,(H2,18,19)/t10?,12-,13-/m1/s1. The Labute approximate surface area is 124 Å². The second kappa shape index (κ2) is 4.16. The van der Waals surface area contributed by atoms with Crippen molar-refractivity contribution < 1.29 is 18.3 Å². The van der Waals surface area contributed by atoms with Gasteiger partial charge in [0.1, 0.15) is 10.6 Å². The van der Waals surface area contributed by atoms with E-state index in [1.807, 2.05) is 0 Å². The molecule has 0 amide bonds. The van der Waals surface area contributed by atoms with Crippen LogP contribution in [0.5, 0.6) is 0 Å². The molecule has 1 saturated carbocycles. The number of aliphatic imine (C=N–C) groups is 1. The number of fused-ring (bicyclic) bond motifs is 1. The van der Waals surface area contributed by atoms with Crippen LogP contribution in [0.4, 0.5) is 13.2 Å². The molecule has 1 unspecified atom stereocenters. The molecule has 0 bridgehead atoms. The molecular weight excluding hydrogens is 301 g/mol. The smallest absolute Gasteiger partial charge is 0.272 e. The number of aliphatic hydroxyl groups excluding tert-OH is 1. The Hall–Kier alpha value is -1.21. The Morgan fingerprint density at radius 3 is 2.71 bits per heavy atom. The lowest BCUT2D eigenvalue weighted by molar-refractivity contribution is 0.0685. The highest BCUT2D eigenvalue weighted by molar-refractivity contribution is 8.15. The van der Waals surface area contributed by atoms with E-state index >= 15 is 0 Å². The van der Waals surface area contributed by atoms with Crippen LogP contribution in [0, 0.1) is 18.7 Å². The first-order chi connectivity index (χ1) is 9.69. The molecule has 0 radical (unpaired) electrons. The van der Waals surface area contributed by atoms with Crippen LogP contribution < -0.4 is 5.73 Å². The number of hydrogen-bond acceptors (Lipinski definition) is 4. The van der Waals surface area contributed by atoms with Gasteiger partial charge >= 0.3 is 0 Å². The van der Waals surface area contributed by atoms with Gasteiger partial charge in [-0.2, -0.15) is 0 Å². The predicted octanol–water partition coefficient (Wildman–Crippen LogP) is 2.41. The fraction of sp³-hybridized carbons (Fsp3) is 0.500. The van der Waals surface area contributed by atoms with Gasteiger partial charge in [-0.25, -0.2) is 13.2 Å². The zero-order chi connectivity index (χ0) is 15.6. The quantitative estimate of drug-likeness (QED) is 0.881. The predicted molar refractivity (Wildman–Crippen MR) is 76.0 cm³/mol. The molecule has 3 atom stereocenters. The highest BCUT2D eigenvalue weighted by atomic mass is 32.2. The number of thioether (sulfide) groups is 1.